The van der Waals surface area contributed by atoms with Crippen LogP contribution in [0.25, 0.3) is 22.0 Å². The van der Waals surface area contributed by atoms with E-state index in [9.17, 15) is 9.59 Å². The Balaban J connectivity index is 0.00000136. The molecule has 3 rings (SSSR count). The zero-order valence-corrected chi connectivity index (χ0v) is 16.5. The highest BCUT2D eigenvalue weighted by Crippen LogP contribution is 2.20. The molecule has 0 atom stereocenters. The van der Waals surface area contributed by atoms with Gasteiger partial charge in [-0.15, -0.1) is 0 Å². The standard InChI is InChI=1S/C22H18N2O2.C2H6/c1-4-6-16(5-2)18-9-12-21-19(13-18)14-23-24(22(21)26)20-10-7-17(8-11-20)15(3)25;1-2/h4-14H,1-2H2,3H3;1-2H3/b16-6+;. The van der Waals surface area contributed by atoms with Crippen molar-refractivity contribution < 1.29 is 4.79 Å². The van der Waals surface area contributed by atoms with Gasteiger partial charge in [0.05, 0.1) is 17.3 Å². The molecule has 0 fully saturated rings. The largest absolute Gasteiger partial charge is 0.295 e. The van der Waals surface area contributed by atoms with Crippen LogP contribution in [-0.4, -0.2) is 15.6 Å². The molecule has 0 aliphatic heterocycles. The van der Waals surface area contributed by atoms with Gasteiger partial charge >= 0.3 is 0 Å². The van der Waals surface area contributed by atoms with Gasteiger partial charge in [0.1, 0.15) is 0 Å². The maximum absolute atomic E-state index is 12.8. The summed E-state index contributed by atoms with van der Waals surface area (Å²) in [4.78, 5) is 24.2. The Morgan fingerprint density at radius 3 is 2.25 bits per heavy atom. The van der Waals surface area contributed by atoms with E-state index in [-0.39, 0.29) is 11.3 Å². The molecule has 0 aliphatic carbocycles. The van der Waals surface area contributed by atoms with Gasteiger partial charge in [0.25, 0.3) is 5.56 Å². The summed E-state index contributed by atoms with van der Waals surface area (Å²) in [6.07, 6.45) is 6.96. The summed E-state index contributed by atoms with van der Waals surface area (Å²) in [7, 11) is 0. The van der Waals surface area contributed by atoms with Gasteiger partial charge in [-0.2, -0.15) is 9.78 Å². The maximum atomic E-state index is 12.8. The summed E-state index contributed by atoms with van der Waals surface area (Å²) < 4.78 is 1.33. The Morgan fingerprint density at radius 2 is 1.68 bits per heavy atom. The van der Waals surface area contributed by atoms with Gasteiger partial charge in [0, 0.05) is 10.9 Å². The average molecular weight is 372 g/mol. The summed E-state index contributed by atoms with van der Waals surface area (Å²) >= 11 is 0. The predicted octanol–water partition coefficient (Wildman–Crippen LogP) is 5.37. The number of fused-ring (bicyclic) bond motifs is 1. The lowest BCUT2D eigenvalue weighted by molar-refractivity contribution is 0.101. The van der Waals surface area contributed by atoms with Gasteiger partial charge < -0.3 is 0 Å². The van der Waals surface area contributed by atoms with E-state index < -0.39 is 0 Å². The minimum atomic E-state index is -0.211. The van der Waals surface area contributed by atoms with Crippen molar-refractivity contribution in [3.8, 4) is 5.69 Å². The van der Waals surface area contributed by atoms with Crippen LogP contribution in [0.3, 0.4) is 0 Å². The molecule has 0 saturated carbocycles. The normalized spacial score (nSPS) is 10.8. The number of carbonyl (C=O) groups is 1. The fourth-order valence-electron chi connectivity index (χ4n) is 2.76. The smallest absolute Gasteiger partial charge is 0.279 e. The van der Waals surface area contributed by atoms with Crippen molar-refractivity contribution in [2.75, 3.05) is 0 Å². The molecule has 0 N–H and O–H groups in total. The lowest BCUT2D eigenvalue weighted by Crippen LogP contribution is -2.21. The molecule has 142 valence electrons. The third-order valence-electron chi connectivity index (χ3n) is 4.16. The van der Waals surface area contributed by atoms with Crippen molar-refractivity contribution >= 4 is 22.1 Å². The molecule has 0 saturated heterocycles. The van der Waals surface area contributed by atoms with Crippen molar-refractivity contribution in [2.45, 2.75) is 20.8 Å². The molecule has 0 amide bonds. The monoisotopic (exact) mass is 372 g/mol. The van der Waals surface area contributed by atoms with Gasteiger partial charge in [-0.05, 0) is 54.5 Å². The molecule has 4 heteroatoms. The van der Waals surface area contributed by atoms with Crippen LogP contribution in [0.15, 0.2) is 84.8 Å². The fourth-order valence-corrected chi connectivity index (χ4v) is 2.76. The zero-order chi connectivity index (χ0) is 20.7. The van der Waals surface area contributed by atoms with E-state index in [2.05, 4.69) is 18.3 Å². The summed E-state index contributed by atoms with van der Waals surface area (Å²) in [5.41, 5.74) is 2.86. The van der Waals surface area contributed by atoms with Crippen LogP contribution in [0.5, 0.6) is 0 Å². The number of benzene rings is 2. The van der Waals surface area contributed by atoms with Crippen LogP contribution in [0, 0.1) is 0 Å². The highest BCUT2D eigenvalue weighted by atomic mass is 16.1. The van der Waals surface area contributed by atoms with Gasteiger partial charge in [0.15, 0.2) is 5.78 Å². The Labute approximate surface area is 165 Å². The number of aromatic nitrogens is 2. The minimum Gasteiger partial charge on any atom is -0.295 e. The highest BCUT2D eigenvalue weighted by Gasteiger charge is 2.08. The quantitative estimate of drug-likeness (QED) is 0.447. The molecule has 3 aromatic rings. The number of hydrogen-bond acceptors (Lipinski definition) is 3. The number of ketones is 1. The molecular formula is C24H24N2O2. The topological polar surface area (TPSA) is 52.0 Å². The van der Waals surface area contributed by atoms with E-state index in [1.807, 2.05) is 32.1 Å². The van der Waals surface area contributed by atoms with Crippen molar-refractivity contribution in [1.82, 2.24) is 9.78 Å². The number of rotatable bonds is 5. The van der Waals surface area contributed by atoms with E-state index in [4.69, 9.17) is 0 Å². The molecule has 0 aliphatic rings. The average Bonchev–Trinajstić information content (AvgIpc) is 2.73. The number of allylic oxidation sites excluding steroid dienone is 4. The first-order valence-corrected chi connectivity index (χ1v) is 9.14. The lowest BCUT2D eigenvalue weighted by Gasteiger charge is -2.08. The van der Waals surface area contributed by atoms with Gasteiger partial charge in [-0.1, -0.05) is 51.3 Å². The first-order chi connectivity index (χ1) is 13.5. The Kier molecular flexibility index (Phi) is 6.99. The van der Waals surface area contributed by atoms with E-state index in [1.165, 1.54) is 11.6 Å². The van der Waals surface area contributed by atoms with E-state index in [0.717, 1.165) is 16.5 Å². The molecular weight excluding hydrogens is 348 g/mol. The van der Waals surface area contributed by atoms with Gasteiger partial charge in [0.2, 0.25) is 0 Å². The zero-order valence-electron chi connectivity index (χ0n) is 16.5. The predicted molar refractivity (Wildman–Crippen MR) is 117 cm³/mol. The molecule has 4 nitrogen and oxygen atoms in total. The minimum absolute atomic E-state index is 0.0199. The highest BCUT2D eigenvalue weighted by molar-refractivity contribution is 5.94. The molecule has 28 heavy (non-hydrogen) atoms. The lowest BCUT2D eigenvalue weighted by atomic mass is 10.0. The van der Waals surface area contributed by atoms with Gasteiger partial charge in [-0.25, -0.2) is 0 Å². The van der Waals surface area contributed by atoms with E-state index >= 15 is 0 Å². The maximum Gasteiger partial charge on any atom is 0.279 e. The molecule has 1 heterocycles. The molecule has 1 aromatic heterocycles. The molecule has 0 spiro atoms. The second kappa shape index (κ2) is 9.42. The number of hydrogen-bond donors (Lipinski definition) is 0. The summed E-state index contributed by atoms with van der Waals surface area (Å²) in [5, 5.41) is 5.60. The van der Waals surface area contributed by atoms with E-state index in [0.29, 0.717) is 16.6 Å². The Morgan fingerprint density at radius 1 is 1.04 bits per heavy atom. The van der Waals surface area contributed by atoms with Crippen LogP contribution >= 0.6 is 0 Å². The van der Waals surface area contributed by atoms with Crippen LogP contribution in [-0.2, 0) is 0 Å². The molecule has 0 radical (unpaired) electrons. The second-order valence-corrected chi connectivity index (χ2v) is 5.83. The SMILES string of the molecule is C=C/C=C(\C=C)c1ccc2c(=O)n(-c3ccc(C(C)=O)cc3)ncc2c1.CC. The first kappa shape index (κ1) is 20.8. The van der Waals surface area contributed by atoms with Crippen molar-refractivity contribution in [1.29, 1.82) is 0 Å². The summed E-state index contributed by atoms with van der Waals surface area (Å²) in [6.45, 7) is 13.0. The molecule has 0 unspecified atom stereocenters. The number of Topliss-reactive ketones (excluding diaryl/α,β-unsaturated/α-hetero) is 1. The van der Waals surface area contributed by atoms with Crippen molar-refractivity contribution in [3.05, 3.63) is 102 Å². The van der Waals surface area contributed by atoms with Gasteiger partial charge in [-0.3, -0.25) is 9.59 Å². The number of carbonyl (C=O) groups excluding carboxylic acids is 1. The Bertz CT molecular complexity index is 1100. The Hall–Kier alpha value is -3.53. The third kappa shape index (κ3) is 4.23. The van der Waals surface area contributed by atoms with Crippen LogP contribution in [0.1, 0.15) is 36.7 Å². The van der Waals surface area contributed by atoms with Crippen LogP contribution in [0.2, 0.25) is 0 Å². The second-order valence-electron chi connectivity index (χ2n) is 5.83. The molecule has 0 bridgehead atoms. The van der Waals surface area contributed by atoms with Crippen molar-refractivity contribution in [3.63, 3.8) is 0 Å². The third-order valence-corrected chi connectivity index (χ3v) is 4.16. The van der Waals surface area contributed by atoms with Crippen LogP contribution < -0.4 is 5.56 Å². The fraction of sp³-hybridized carbons (Fsp3) is 0.125. The van der Waals surface area contributed by atoms with Crippen LogP contribution in [0.4, 0.5) is 0 Å². The van der Waals surface area contributed by atoms with E-state index in [1.54, 1.807) is 48.7 Å². The molecule has 2 aromatic carbocycles. The summed E-state index contributed by atoms with van der Waals surface area (Å²) in [6, 6.07) is 12.4. The summed E-state index contributed by atoms with van der Waals surface area (Å²) in [5.74, 6) is -0.0199. The van der Waals surface area contributed by atoms with Crippen molar-refractivity contribution in [2.24, 2.45) is 0 Å². The number of nitrogens with zero attached hydrogens (tertiary/aromatic N) is 2. The first-order valence-electron chi connectivity index (χ1n) is 9.14.